The lowest BCUT2D eigenvalue weighted by atomic mass is 10.1. The standard InChI is InChI=1S/C16H11FN2O3/c17-12-3-4-14-13(7-12)11(6-15(20)22-14)9-19-16(21)10-2-1-5-18-8-10/h1-8H,9H2,(H,19,21). The zero-order chi connectivity index (χ0) is 15.5. The van der Waals surface area contributed by atoms with Gasteiger partial charge in [-0.05, 0) is 35.9 Å². The van der Waals surface area contributed by atoms with Crippen molar-refractivity contribution in [1.82, 2.24) is 10.3 Å². The van der Waals surface area contributed by atoms with E-state index in [-0.39, 0.29) is 18.0 Å². The van der Waals surface area contributed by atoms with E-state index in [1.165, 1.54) is 30.5 Å². The van der Waals surface area contributed by atoms with Crippen molar-refractivity contribution in [1.29, 1.82) is 0 Å². The lowest BCUT2D eigenvalue weighted by molar-refractivity contribution is 0.0950. The van der Waals surface area contributed by atoms with Gasteiger partial charge in [-0.2, -0.15) is 0 Å². The van der Waals surface area contributed by atoms with Crippen LogP contribution in [0.1, 0.15) is 15.9 Å². The van der Waals surface area contributed by atoms with Gasteiger partial charge in [-0.1, -0.05) is 0 Å². The van der Waals surface area contributed by atoms with Gasteiger partial charge in [-0.25, -0.2) is 9.18 Å². The molecule has 2 aromatic heterocycles. The lowest BCUT2D eigenvalue weighted by Crippen LogP contribution is -2.23. The van der Waals surface area contributed by atoms with Gasteiger partial charge in [0.05, 0.1) is 5.56 Å². The average Bonchev–Trinajstić information content (AvgIpc) is 2.53. The minimum absolute atomic E-state index is 0.0826. The molecule has 0 bridgehead atoms. The second-order valence-corrected chi connectivity index (χ2v) is 4.66. The molecule has 0 unspecified atom stereocenters. The van der Waals surface area contributed by atoms with Gasteiger partial charge in [0.1, 0.15) is 11.4 Å². The molecule has 0 aliphatic heterocycles. The Hall–Kier alpha value is -3.02. The zero-order valence-corrected chi connectivity index (χ0v) is 11.4. The molecule has 1 N–H and O–H groups in total. The molecule has 0 radical (unpaired) electrons. The van der Waals surface area contributed by atoms with Crippen LogP contribution in [0.15, 0.2) is 58.0 Å². The third-order valence-electron chi connectivity index (χ3n) is 3.15. The second-order valence-electron chi connectivity index (χ2n) is 4.66. The minimum atomic E-state index is -0.551. The van der Waals surface area contributed by atoms with Crippen molar-refractivity contribution < 1.29 is 13.6 Å². The molecular weight excluding hydrogens is 287 g/mol. The van der Waals surface area contributed by atoms with E-state index in [9.17, 15) is 14.0 Å². The summed E-state index contributed by atoms with van der Waals surface area (Å²) >= 11 is 0. The van der Waals surface area contributed by atoms with Crippen molar-refractivity contribution >= 4 is 16.9 Å². The van der Waals surface area contributed by atoms with E-state index in [1.54, 1.807) is 18.3 Å². The Balaban J connectivity index is 1.89. The molecule has 6 heteroatoms. The molecule has 3 aromatic rings. The Morgan fingerprint density at radius 2 is 2.14 bits per heavy atom. The van der Waals surface area contributed by atoms with E-state index in [2.05, 4.69) is 10.3 Å². The molecule has 0 spiro atoms. The van der Waals surface area contributed by atoms with Crippen LogP contribution in [0.2, 0.25) is 0 Å². The number of hydrogen-bond acceptors (Lipinski definition) is 4. The third kappa shape index (κ3) is 2.85. The molecule has 5 nitrogen and oxygen atoms in total. The van der Waals surface area contributed by atoms with Crippen molar-refractivity contribution in [2.45, 2.75) is 6.54 Å². The van der Waals surface area contributed by atoms with Gasteiger partial charge in [0.15, 0.2) is 0 Å². The highest BCUT2D eigenvalue weighted by Crippen LogP contribution is 2.18. The predicted molar refractivity (Wildman–Crippen MR) is 77.8 cm³/mol. The maximum Gasteiger partial charge on any atom is 0.336 e. The van der Waals surface area contributed by atoms with Gasteiger partial charge in [0.2, 0.25) is 0 Å². The Morgan fingerprint density at radius 1 is 1.27 bits per heavy atom. The number of carbonyl (C=O) groups excluding carboxylic acids is 1. The van der Waals surface area contributed by atoms with E-state index < -0.39 is 11.4 Å². The molecule has 22 heavy (non-hydrogen) atoms. The van der Waals surface area contributed by atoms with Gasteiger partial charge in [0.25, 0.3) is 5.91 Å². The molecule has 1 amide bonds. The largest absolute Gasteiger partial charge is 0.423 e. The highest BCUT2D eigenvalue weighted by molar-refractivity contribution is 5.94. The second kappa shape index (κ2) is 5.77. The Bertz CT molecular complexity index is 891. The first-order chi connectivity index (χ1) is 10.6. The summed E-state index contributed by atoms with van der Waals surface area (Å²) in [5.74, 6) is -0.771. The SMILES string of the molecule is O=C(NCc1cc(=O)oc2ccc(F)cc12)c1cccnc1. The maximum atomic E-state index is 13.4. The molecule has 110 valence electrons. The van der Waals surface area contributed by atoms with Crippen molar-refractivity contribution in [3.05, 3.63) is 76.2 Å². The van der Waals surface area contributed by atoms with Crippen molar-refractivity contribution in [3.63, 3.8) is 0 Å². The van der Waals surface area contributed by atoms with E-state index in [1.807, 2.05) is 0 Å². The maximum absolute atomic E-state index is 13.4. The van der Waals surface area contributed by atoms with Crippen LogP contribution in [0.3, 0.4) is 0 Å². The normalized spacial score (nSPS) is 10.6. The van der Waals surface area contributed by atoms with Crippen LogP contribution >= 0.6 is 0 Å². The summed E-state index contributed by atoms with van der Waals surface area (Å²) < 4.78 is 18.4. The Morgan fingerprint density at radius 3 is 2.91 bits per heavy atom. The minimum Gasteiger partial charge on any atom is -0.423 e. The lowest BCUT2D eigenvalue weighted by Gasteiger charge is -2.07. The number of nitrogens with one attached hydrogen (secondary N) is 1. The van der Waals surface area contributed by atoms with Crippen LogP contribution in [0, 0.1) is 5.82 Å². The molecular formula is C16H11FN2O3. The molecule has 0 saturated heterocycles. The number of aromatic nitrogens is 1. The molecule has 2 heterocycles. The number of pyridine rings is 1. The number of benzene rings is 1. The van der Waals surface area contributed by atoms with Crippen molar-refractivity contribution in [2.24, 2.45) is 0 Å². The molecule has 0 saturated carbocycles. The van der Waals surface area contributed by atoms with Gasteiger partial charge in [-0.3, -0.25) is 9.78 Å². The number of carbonyl (C=O) groups is 1. The predicted octanol–water partition coefficient (Wildman–Crippen LogP) is 2.26. The quantitative estimate of drug-likeness (QED) is 0.753. The van der Waals surface area contributed by atoms with Gasteiger partial charge < -0.3 is 9.73 Å². The van der Waals surface area contributed by atoms with Crippen LogP contribution in [0.25, 0.3) is 11.0 Å². The summed E-state index contributed by atoms with van der Waals surface area (Å²) in [6, 6.07) is 8.38. The highest BCUT2D eigenvalue weighted by Gasteiger charge is 2.09. The summed E-state index contributed by atoms with van der Waals surface area (Å²) in [6.07, 6.45) is 3.00. The van der Waals surface area contributed by atoms with Crippen LogP contribution < -0.4 is 10.9 Å². The molecule has 0 atom stereocenters. The van der Waals surface area contributed by atoms with Crippen LogP contribution in [-0.2, 0) is 6.54 Å². The number of rotatable bonds is 3. The number of halogens is 1. The molecule has 0 aliphatic carbocycles. The van der Waals surface area contributed by atoms with Crippen LogP contribution in [-0.4, -0.2) is 10.9 Å². The van der Waals surface area contributed by atoms with Gasteiger partial charge >= 0.3 is 5.63 Å². The summed E-state index contributed by atoms with van der Waals surface area (Å²) in [5, 5.41) is 3.12. The van der Waals surface area contributed by atoms with Gasteiger partial charge in [0, 0.05) is 30.4 Å². The topological polar surface area (TPSA) is 72.2 Å². The van der Waals surface area contributed by atoms with E-state index >= 15 is 0 Å². The van der Waals surface area contributed by atoms with Crippen molar-refractivity contribution in [2.75, 3.05) is 0 Å². The average molecular weight is 298 g/mol. The Labute approximate surface area is 124 Å². The highest BCUT2D eigenvalue weighted by atomic mass is 19.1. The number of nitrogens with zero attached hydrogens (tertiary/aromatic N) is 1. The van der Waals surface area contributed by atoms with E-state index in [4.69, 9.17) is 4.42 Å². The fourth-order valence-corrected chi connectivity index (χ4v) is 2.12. The Kier molecular flexibility index (Phi) is 3.65. The number of hydrogen-bond donors (Lipinski definition) is 1. The van der Waals surface area contributed by atoms with E-state index in [0.29, 0.717) is 16.5 Å². The summed E-state index contributed by atoms with van der Waals surface area (Å²) in [7, 11) is 0. The monoisotopic (exact) mass is 298 g/mol. The molecule has 0 fully saturated rings. The fraction of sp³-hybridized carbons (Fsp3) is 0.0625. The van der Waals surface area contributed by atoms with Crippen molar-refractivity contribution in [3.8, 4) is 0 Å². The number of amides is 1. The van der Waals surface area contributed by atoms with Crippen LogP contribution in [0.4, 0.5) is 4.39 Å². The number of fused-ring (bicyclic) bond motifs is 1. The first kappa shape index (κ1) is 13.9. The molecule has 1 aromatic carbocycles. The first-order valence-corrected chi connectivity index (χ1v) is 6.54. The zero-order valence-electron chi connectivity index (χ0n) is 11.4. The van der Waals surface area contributed by atoms with E-state index in [0.717, 1.165) is 0 Å². The smallest absolute Gasteiger partial charge is 0.336 e. The molecule has 0 aliphatic rings. The van der Waals surface area contributed by atoms with Gasteiger partial charge in [-0.15, -0.1) is 0 Å². The summed E-state index contributed by atoms with van der Waals surface area (Å²) in [4.78, 5) is 27.4. The first-order valence-electron chi connectivity index (χ1n) is 6.54. The van der Waals surface area contributed by atoms with Crippen LogP contribution in [0.5, 0.6) is 0 Å². The third-order valence-corrected chi connectivity index (χ3v) is 3.15. The summed E-state index contributed by atoms with van der Waals surface area (Å²) in [5.41, 5.74) is 0.619. The summed E-state index contributed by atoms with van der Waals surface area (Å²) in [6.45, 7) is 0.0826. The fourth-order valence-electron chi connectivity index (χ4n) is 2.12. The molecule has 3 rings (SSSR count).